The molecule has 0 saturated carbocycles. The first-order valence-corrected chi connectivity index (χ1v) is 8.91. The van der Waals surface area contributed by atoms with Crippen LogP contribution >= 0.6 is 0 Å². The Hall–Kier alpha value is -1.65. The molecule has 0 amide bonds. The van der Waals surface area contributed by atoms with Crippen molar-refractivity contribution in [2.24, 2.45) is 0 Å². The largest absolute Gasteiger partial charge is 0.312 e. The quantitative estimate of drug-likeness (QED) is 0.892. The van der Waals surface area contributed by atoms with Gasteiger partial charge in [0.15, 0.2) is 9.84 Å². The van der Waals surface area contributed by atoms with Gasteiger partial charge in [-0.2, -0.15) is 0 Å². The summed E-state index contributed by atoms with van der Waals surface area (Å²) in [5.74, 6) is 0.304. The Kier molecular flexibility index (Phi) is 5.15. The second-order valence-corrected chi connectivity index (χ2v) is 7.43. The van der Waals surface area contributed by atoms with E-state index in [1.54, 1.807) is 14.0 Å². The molecule has 0 radical (unpaired) electrons. The van der Waals surface area contributed by atoms with Crippen molar-refractivity contribution >= 4 is 9.84 Å². The van der Waals surface area contributed by atoms with Crippen LogP contribution in [0.5, 0.6) is 0 Å². The summed E-state index contributed by atoms with van der Waals surface area (Å²) >= 11 is 0. The summed E-state index contributed by atoms with van der Waals surface area (Å²) in [7, 11) is -1.21. The van der Waals surface area contributed by atoms with Crippen molar-refractivity contribution in [1.29, 1.82) is 0 Å². The lowest BCUT2D eigenvalue weighted by molar-refractivity contribution is 0.575. The minimum Gasteiger partial charge on any atom is -0.312 e. The van der Waals surface area contributed by atoms with Gasteiger partial charge in [-0.15, -0.1) is 0 Å². The standard InChI is InChI=1S/C17H21NO2S/c1-3-21(19,20)13-17(18-2)16-11-9-15(10-12-16)14-7-5-4-6-8-14/h4-12,17-18H,3,13H2,1-2H3. The molecule has 1 N–H and O–H groups in total. The predicted octanol–water partition coefficient (Wildman–Crippen LogP) is 3.05. The lowest BCUT2D eigenvalue weighted by atomic mass is 10.0. The highest BCUT2D eigenvalue weighted by Crippen LogP contribution is 2.22. The van der Waals surface area contributed by atoms with Gasteiger partial charge in [-0.1, -0.05) is 61.5 Å². The number of nitrogens with one attached hydrogen (secondary N) is 1. The average molecular weight is 303 g/mol. The van der Waals surface area contributed by atoms with E-state index in [2.05, 4.69) is 17.4 Å². The van der Waals surface area contributed by atoms with E-state index in [9.17, 15) is 8.42 Å². The summed E-state index contributed by atoms with van der Waals surface area (Å²) in [6.07, 6.45) is 0. The third kappa shape index (κ3) is 4.16. The van der Waals surface area contributed by atoms with Crippen LogP contribution in [0.25, 0.3) is 11.1 Å². The Labute approximate surface area is 126 Å². The minimum absolute atomic E-state index is 0.130. The third-order valence-corrected chi connectivity index (χ3v) is 5.35. The third-order valence-electron chi connectivity index (χ3n) is 3.63. The SMILES string of the molecule is CCS(=O)(=O)CC(NC)c1ccc(-c2ccccc2)cc1. The normalized spacial score (nSPS) is 13.0. The molecule has 4 heteroatoms. The monoisotopic (exact) mass is 303 g/mol. The fourth-order valence-corrected chi connectivity index (χ4v) is 3.36. The first kappa shape index (κ1) is 15.7. The second-order valence-electron chi connectivity index (χ2n) is 5.03. The Bertz CT molecular complexity index is 664. The molecule has 0 bridgehead atoms. The van der Waals surface area contributed by atoms with Crippen LogP contribution < -0.4 is 5.32 Å². The smallest absolute Gasteiger partial charge is 0.151 e. The molecule has 0 aromatic heterocycles. The Morgan fingerprint density at radius 3 is 2.05 bits per heavy atom. The van der Waals surface area contributed by atoms with E-state index in [1.807, 2.05) is 42.5 Å². The van der Waals surface area contributed by atoms with Crippen molar-refractivity contribution in [3.63, 3.8) is 0 Å². The van der Waals surface area contributed by atoms with Crippen molar-refractivity contribution in [2.45, 2.75) is 13.0 Å². The lowest BCUT2D eigenvalue weighted by Crippen LogP contribution is -2.26. The van der Waals surface area contributed by atoms with E-state index in [-0.39, 0.29) is 17.5 Å². The molecule has 3 nitrogen and oxygen atoms in total. The van der Waals surface area contributed by atoms with Crippen molar-refractivity contribution in [3.05, 3.63) is 60.2 Å². The van der Waals surface area contributed by atoms with Crippen LogP contribution in [0.2, 0.25) is 0 Å². The molecule has 0 aliphatic carbocycles. The number of rotatable bonds is 6. The molecule has 112 valence electrons. The predicted molar refractivity (Wildman–Crippen MR) is 88.0 cm³/mol. The van der Waals surface area contributed by atoms with E-state index >= 15 is 0 Å². The first-order valence-electron chi connectivity index (χ1n) is 7.09. The van der Waals surface area contributed by atoms with E-state index in [0.29, 0.717) is 0 Å². The average Bonchev–Trinajstić information content (AvgIpc) is 2.54. The second kappa shape index (κ2) is 6.87. The zero-order valence-electron chi connectivity index (χ0n) is 12.4. The summed E-state index contributed by atoms with van der Waals surface area (Å²) in [6.45, 7) is 1.68. The fraction of sp³-hybridized carbons (Fsp3) is 0.294. The van der Waals surface area contributed by atoms with Gasteiger partial charge in [-0.3, -0.25) is 0 Å². The molecule has 1 atom stereocenters. The van der Waals surface area contributed by atoms with Crippen LogP contribution in [0.4, 0.5) is 0 Å². The minimum atomic E-state index is -3.00. The van der Waals surface area contributed by atoms with E-state index in [1.165, 1.54) is 0 Å². The summed E-state index contributed by atoms with van der Waals surface area (Å²) in [5, 5.41) is 3.09. The van der Waals surface area contributed by atoms with Gasteiger partial charge in [0, 0.05) is 11.8 Å². The molecule has 0 spiro atoms. The zero-order valence-corrected chi connectivity index (χ0v) is 13.2. The maximum absolute atomic E-state index is 11.8. The van der Waals surface area contributed by atoms with E-state index in [4.69, 9.17) is 0 Å². The highest BCUT2D eigenvalue weighted by Gasteiger charge is 2.17. The Morgan fingerprint density at radius 2 is 1.52 bits per heavy atom. The highest BCUT2D eigenvalue weighted by atomic mass is 32.2. The van der Waals surface area contributed by atoms with Crippen LogP contribution in [0, 0.1) is 0 Å². The first-order chi connectivity index (χ1) is 10.1. The topological polar surface area (TPSA) is 46.2 Å². The molecule has 0 aliphatic heterocycles. The zero-order chi connectivity index (χ0) is 15.3. The van der Waals surface area contributed by atoms with Gasteiger partial charge in [-0.25, -0.2) is 8.42 Å². The van der Waals surface area contributed by atoms with Crippen molar-refractivity contribution in [1.82, 2.24) is 5.32 Å². The lowest BCUT2D eigenvalue weighted by Gasteiger charge is -2.16. The van der Waals surface area contributed by atoms with Gasteiger partial charge < -0.3 is 5.32 Å². The van der Waals surface area contributed by atoms with Gasteiger partial charge >= 0.3 is 0 Å². The van der Waals surface area contributed by atoms with Crippen LogP contribution in [0.15, 0.2) is 54.6 Å². The fourth-order valence-electron chi connectivity index (χ4n) is 2.26. The van der Waals surface area contributed by atoms with Crippen LogP contribution in [0.1, 0.15) is 18.5 Å². The van der Waals surface area contributed by atoms with Gasteiger partial charge in [0.25, 0.3) is 0 Å². The van der Waals surface area contributed by atoms with Crippen LogP contribution in [0.3, 0.4) is 0 Å². The molecule has 0 heterocycles. The summed E-state index contributed by atoms with van der Waals surface area (Å²) in [5.41, 5.74) is 3.29. The van der Waals surface area contributed by atoms with Gasteiger partial charge in [-0.05, 0) is 23.7 Å². The highest BCUT2D eigenvalue weighted by molar-refractivity contribution is 7.91. The van der Waals surface area contributed by atoms with Gasteiger partial charge in [0.2, 0.25) is 0 Å². The van der Waals surface area contributed by atoms with Gasteiger partial charge in [0.1, 0.15) is 0 Å². The van der Waals surface area contributed by atoms with E-state index in [0.717, 1.165) is 16.7 Å². The summed E-state index contributed by atoms with van der Waals surface area (Å²) in [6, 6.07) is 18.0. The summed E-state index contributed by atoms with van der Waals surface area (Å²) < 4.78 is 23.6. The number of hydrogen-bond acceptors (Lipinski definition) is 3. The van der Waals surface area contributed by atoms with E-state index < -0.39 is 9.84 Å². The van der Waals surface area contributed by atoms with Crippen LogP contribution in [-0.2, 0) is 9.84 Å². The molecule has 2 aromatic rings. The molecular formula is C17H21NO2S. The number of hydrogen-bond donors (Lipinski definition) is 1. The maximum atomic E-state index is 11.8. The molecule has 2 aromatic carbocycles. The molecule has 0 saturated heterocycles. The molecule has 0 fully saturated rings. The molecule has 0 aliphatic rings. The van der Waals surface area contributed by atoms with Crippen molar-refractivity contribution < 1.29 is 8.42 Å². The van der Waals surface area contributed by atoms with Gasteiger partial charge in [0.05, 0.1) is 5.75 Å². The molecule has 1 unspecified atom stereocenters. The number of sulfone groups is 1. The molecule has 21 heavy (non-hydrogen) atoms. The van der Waals surface area contributed by atoms with Crippen molar-refractivity contribution in [3.8, 4) is 11.1 Å². The number of benzene rings is 2. The Balaban J connectivity index is 2.21. The molecular weight excluding hydrogens is 282 g/mol. The Morgan fingerprint density at radius 1 is 0.952 bits per heavy atom. The van der Waals surface area contributed by atoms with Crippen LogP contribution in [-0.4, -0.2) is 27.0 Å². The summed E-state index contributed by atoms with van der Waals surface area (Å²) in [4.78, 5) is 0. The molecule has 2 rings (SSSR count). The maximum Gasteiger partial charge on any atom is 0.151 e. The van der Waals surface area contributed by atoms with Crippen molar-refractivity contribution in [2.75, 3.05) is 18.6 Å².